The van der Waals surface area contributed by atoms with Crippen LogP contribution in [0.25, 0.3) is 0 Å². The van der Waals surface area contributed by atoms with Crippen LogP contribution in [-0.4, -0.2) is 61.6 Å². The second-order valence-corrected chi connectivity index (χ2v) is 9.72. The van der Waals surface area contributed by atoms with Gasteiger partial charge >= 0.3 is 11.9 Å². The van der Waals surface area contributed by atoms with E-state index in [1.807, 2.05) is 0 Å². The summed E-state index contributed by atoms with van der Waals surface area (Å²) < 4.78 is 16.5. The maximum atomic E-state index is 13.4. The Labute approximate surface area is 231 Å². The molecule has 1 atom stereocenters. The van der Waals surface area contributed by atoms with Gasteiger partial charge in [0.1, 0.15) is 0 Å². The number of benzene rings is 2. The zero-order chi connectivity index (χ0) is 28.3. The first-order valence-corrected chi connectivity index (χ1v) is 12.8. The highest BCUT2D eigenvalue weighted by Crippen LogP contribution is 2.42. The molecule has 0 aromatic heterocycles. The van der Waals surface area contributed by atoms with E-state index in [4.69, 9.17) is 25.8 Å². The van der Waals surface area contributed by atoms with Crippen molar-refractivity contribution in [3.8, 4) is 0 Å². The molecule has 4 rings (SSSR count). The number of rotatable bonds is 9. The minimum Gasteiger partial charge on any atom is -0.466 e. The summed E-state index contributed by atoms with van der Waals surface area (Å²) in [6, 6.07) is 13.6. The molecule has 9 nitrogen and oxygen atoms in total. The normalized spacial score (nSPS) is 17.0. The van der Waals surface area contributed by atoms with Crippen LogP contribution < -0.4 is 5.32 Å². The van der Waals surface area contributed by atoms with Crippen molar-refractivity contribution in [1.29, 1.82) is 0 Å². The number of ether oxygens (including phenoxy) is 3. The topological polar surface area (TPSA) is 111 Å². The van der Waals surface area contributed by atoms with Crippen molar-refractivity contribution in [2.45, 2.75) is 32.8 Å². The van der Waals surface area contributed by atoms with Gasteiger partial charge < -0.3 is 19.5 Å². The molecule has 0 saturated carbocycles. The van der Waals surface area contributed by atoms with Gasteiger partial charge in [0.15, 0.2) is 0 Å². The molecule has 2 aliphatic rings. The van der Waals surface area contributed by atoms with Crippen molar-refractivity contribution in [3.05, 3.63) is 92.8 Å². The smallest absolute Gasteiger partial charge is 0.337 e. The number of amides is 2. The number of esters is 2. The lowest BCUT2D eigenvalue weighted by molar-refractivity contribution is -0.143. The van der Waals surface area contributed by atoms with E-state index >= 15 is 0 Å². The summed E-state index contributed by atoms with van der Waals surface area (Å²) in [4.78, 5) is 52.8. The molecule has 0 saturated heterocycles. The fraction of sp³-hybridized carbons (Fsp3) is 0.310. The summed E-state index contributed by atoms with van der Waals surface area (Å²) in [5, 5.41) is 3.47. The molecule has 0 bridgehead atoms. The van der Waals surface area contributed by atoms with Crippen LogP contribution in [0.2, 0.25) is 5.02 Å². The molecule has 2 aromatic rings. The van der Waals surface area contributed by atoms with Crippen LogP contribution in [0.1, 0.15) is 53.0 Å². The second-order valence-electron chi connectivity index (χ2n) is 9.32. The van der Waals surface area contributed by atoms with E-state index in [9.17, 15) is 19.2 Å². The van der Waals surface area contributed by atoms with Crippen LogP contribution in [0, 0.1) is 0 Å². The van der Waals surface area contributed by atoms with Crippen molar-refractivity contribution in [2.24, 2.45) is 0 Å². The molecular formula is C29H29ClN2O7. The number of carbonyl (C=O) groups is 4. The Bertz CT molecular complexity index is 1360. The average molecular weight is 553 g/mol. The Morgan fingerprint density at radius 2 is 1.59 bits per heavy atom. The predicted octanol–water partition coefficient (Wildman–Crippen LogP) is 3.99. The maximum Gasteiger partial charge on any atom is 0.337 e. The Kier molecular flexibility index (Phi) is 8.52. The molecule has 0 radical (unpaired) electrons. The highest BCUT2D eigenvalue weighted by Gasteiger charge is 2.40. The van der Waals surface area contributed by atoms with Gasteiger partial charge in [-0.05, 0) is 44.5 Å². The Balaban J connectivity index is 1.62. The molecular weight excluding hydrogens is 524 g/mol. The molecule has 0 spiro atoms. The van der Waals surface area contributed by atoms with Gasteiger partial charge in [0.05, 0.1) is 66.9 Å². The quantitative estimate of drug-likeness (QED) is 0.282. The van der Waals surface area contributed by atoms with Crippen LogP contribution in [-0.2, 0) is 23.8 Å². The minimum atomic E-state index is -0.881. The number of imide groups is 1. The third-order valence-electron chi connectivity index (χ3n) is 6.41. The highest BCUT2D eigenvalue weighted by atomic mass is 35.5. The molecule has 0 aliphatic carbocycles. The monoisotopic (exact) mass is 552 g/mol. The maximum absolute atomic E-state index is 13.4. The summed E-state index contributed by atoms with van der Waals surface area (Å²) in [5.41, 5.74) is 2.46. The van der Waals surface area contributed by atoms with E-state index in [2.05, 4.69) is 5.32 Å². The van der Waals surface area contributed by atoms with Gasteiger partial charge in [-0.25, -0.2) is 9.59 Å². The van der Waals surface area contributed by atoms with Crippen LogP contribution in [0.15, 0.2) is 71.1 Å². The van der Waals surface area contributed by atoms with Crippen molar-refractivity contribution in [3.63, 3.8) is 0 Å². The van der Waals surface area contributed by atoms with Crippen molar-refractivity contribution < 1.29 is 33.4 Å². The van der Waals surface area contributed by atoms with Gasteiger partial charge in [0, 0.05) is 10.7 Å². The number of carbonyl (C=O) groups excluding carboxylic acids is 4. The highest BCUT2D eigenvalue weighted by molar-refractivity contribution is 6.31. The van der Waals surface area contributed by atoms with E-state index in [1.165, 1.54) is 7.11 Å². The van der Waals surface area contributed by atoms with Crippen molar-refractivity contribution in [1.82, 2.24) is 10.2 Å². The first-order chi connectivity index (χ1) is 18.6. The fourth-order valence-corrected chi connectivity index (χ4v) is 4.95. The number of hydrogen-bond acceptors (Lipinski definition) is 8. The Morgan fingerprint density at radius 3 is 2.18 bits per heavy atom. The molecule has 2 heterocycles. The van der Waals surface area contributed by atoms with Gasteiger partial charge in [0.2, 0.25) is 0 Å². The third kappa shape index (κ3) is 5.60. The molecule has 204 valence electrons. The first kappa shape index (κ1) is 28.1. The fourth-order valence-electron chi connectivity index (χ4n) is 4.70. The van der Waals surface area contributed by atoms with Crippen molar-refractivity contribution in [2.75, 3.05) is 26.9 Å². The van der Waals surface area contributed by atoms with Crippen LogP contribution in [0.4, 0.5) is 0 Å². The zero-order valence-electron chi connectivity index (χ0n) is 22.1. The molecule has 2 aliphatic heterocycles. The Hall–Kier alpha value is -3.95. The van der Waals surface area contributed by atoms with E-state index in [-0.39, 0.29) is 42.7 Å². The summed E-state index contributed by atoms with van der Waals surface area (Å²) >= 11 is 6.54. The number of nitrogens with one attached hydrogen (secondary N) is 1. The number of nitrogens with zero attached hydrogens (tertiary/aromatic N) is 1. The number of methoxy groups -OCH3 is 1. The molecule has 1 unspecified atom stereocenters. The summed E-state index contributed by atoms with van der Waals surface area (Å²) in [7, 11) is 1.26. The minimum absolute atomic E-state index is 0.0204. The molecule has 1 N–H and O–H groups in total. The van der Waals surface area contributed by atoms with Gasteiger partial charge in [-0.1, -0.05) is 41.9 Å². The molecule has 39 heavy (non-hydrogen) atoms. The van der Waals surface area contributed by atoms with E-state index in [0.717, 1.165) is 4.90 Å². The molecule has 2 aromatic carbocycles. The van der Waals surface area contributed by atoms with E-state index in [0.29, 0.717) is 33.1 Å². The second kappa shape index (κ2) is 11.8. The molecule has 2 amide bonds. The number of fused-ring (bicyclic) bond motifs is 1. The summed E-state index contributed by atoms with van der Waals surface area (Å²) in [5.74, 6) is -2.90. The van der Waals surface area contributed by atoms with Gasteiger partial charge in [0.25, 0.3) is 11.8 Å². The number of allylic oxidation sites excluding steroid dienone is 1. The lowest BCUT2D eigenvalue weighted by atomic mass is 9.80. The van der Waals surface area contributed by atoms with E-state index < -0.39 is 24.0 Å². The molecule has 10 heteroatoms. The van der Waals surface area contributed by atoms with E-state index in [1.54, 1.807) is 69.3 Å². The van der Waals surface area contributed by atoms with Crippen LogP contribution in [0.5, 0.6) is 0 Å². The van der Waals surface area contributed by atoms with Gasteiger partial charge in [-0.3, -0.25) is 14.5 Å². The summed E-state index contributed by atoms with van der Waals surface area (Å²) in [6.45, 7) is 5.10. The molecule has 0 fully saturated rings. The first-order valence-electron chi connectivity index (χ1n) is 12.4. The standard InChI is InChI=1S/C29H29ClN2O7/c1-16(2)39-29(36)25-22(15-38-14-13-32-26(33)18-9-5-6-10-19(18)27(32)34)31-17(3)23(28(35)37-4)24(25)20-11-7-8-12-21(20)30/h5-12,16,24,31H,13-15H2,1-4H3. The summed E-state index contributed by atoms with van der Waals surface area (Å²) in [6.07, 6.45) is -0.429. The predicted molar refractivity (Wildman–Crippen MR) is 143 cm³/mol. The third-order valence-corrected chi connectivity index (χ3v) is 6.76. The number of hydrogen-bond donors (Lipinski definition) is 1. The van der Waals surface area contributed by atoms with Crippen LogP contribution >= 0.6 is 11.6 Å². The number of halogens is 1. The largest absolute Gasteiger partial charge is 0.466 e. The van der Waals surface area contributed by atoms with Gasteiger partial charge in [-0.2, -0.15) is 0 Å². The zero-order valence-corrected chi connectivity index (χ0v) is 22.8. The number of dihydropyridines is 1. The lowest BCUT2D eigenvalue weighted by Crippen LogP contribution is -2.36. The average Bonchev–Trinajstić information content (AvgIpc) is 3.15. The lowest BCUT2D eigenvalue weighted by Gasteiger charge is -2.32. The Morgan fingerprint density at radius 1 is 0.974 bits per heavy atom. The van der Waals surface area contributed by atoms with Gasteiger partial charge in [-0.15, -0.1) is 0 Å². The van der Waals surface area contributed by atoms with Crippen molar-refractivity contribution >= 4 is 35.4 Å². The van der Waals surface area contributed by atoms with Crippen LogP contribution in [0.3, 0.4) is 0 Å². The SMILES string of the molecule is COC(=O)C1=C(C)NC(COCCN2C(=O)c3ccccc3C2=O)=C(C(=O)OC(C)C)C1c1ccccc1Cl.